The van der Waals surface area contributed by atoms with Crippen molar-refractivity contribution in [3.8, 4) is 0 Å². The highest BCUT2D eigenvalue weighted by Crippen LogP contribution is 2.36. The zero-order chi connectivity index (χ0) is 8.72. The number of fused-ring (bicyclic) bond motifs is 1. The van der Waals surface area contributed by atoms with Gasteiger partial charge in [-0.1, -0.05) is 0 Å². The second kappa shape index (κ2) is 2.62. The van der Waals surface area contributed by atoms with Crippen molar-refractivity contribution in [2.24, 2.45) is 17.6 Å². The molecule has 1 saturated carbocycles. The highest BCUT2D eigenvalue weighted by Gasteiger charge is 2.41. The standard InChI is InChI=1S/C8H14N2O2/c9-7-1-5-3-10(8(11)12)4-6(5)2-7/h5-7H,1-4,9H2,(H,11,12). The Morgan fingerprint density at radius 3 is 2.25 bits per heavy atom. The summed E-state index contributed by atoms with van der Waals surface area (Å²) in [5.41, 5.74) is 5.78. The van der Waals surface area contributed by atoms with Gasteiger partial charge in [0.15, 0.2) is 0 Å². The van der Waals surface area contributed by atoms with Crippen molar-refractivity contribution in [3.05, 3.63) is 0 Å². The number of carboxylic acid groups (broad SMARTS) is 1. The first kappa shape index (κ1) is 7.86. The molecule has 0 spiro atoms. The van der Waals surface area contributed by atoms with Gasteiger partial charge in [-0.05, 0) is 24.7 Å². The van der Waals surface area contributed by atoms with Crippen LogP contribution in [0.3, 0.4) is 0 Å². The Morgan fingerprint density at radius 2 is 1.83 bits per heavy atom. The number of nitrogens with zero attached hydrogens (tertiary/aromatic N) is 1. The van der Waals surface area contributed by atoms with Crippen molar-refractivity contribution in [2.75, 3.05) is 13.1 Å². The highest BCUT2D eigenvalue weighted by molar-refractivity contribution is 5.65. The van der Waals surface area contributed by atoms with E-state index in [4.69, 9.17) is 10.8 Å². The van der Waals surface area contributed by atoms with Gasteiger partial charge in [-0.3, -0.25) is 0 Å². The zero-order valence-corrected chi connectivity index (χ0v) is 6.94. The van der Waals surface area contributed by atoms with E-state index in [1.165, 1.54) is 4.90 Å². The smallest absolute Gasteiger partial charge is 0.407 e. The molecular weight excluding hydrogens is 156 g/mol. The second-order valence-corrected chi connectivity index (χ2v) is 3.94. The van der Waals surface area contributed by atoms with E-state index in [1.807, 2.05) is 0 Å². The van der Waals surface area contributed by atoms with Crippen molar-refractivity contribution in [2.45, 2.75) is 18.9 Å². The molecule has 4 heteroatoms. The lowest BCUT2D eigenvalue weighted by Crippen LogP contribution is -2.29. The molecule has 1 amide bonds. The topological polar surface area (TPSA) is 66.6 Å². The summed E-state index contributed by atoms with van der Waals surface area (Å²) in [6.45, 7) is 1.40. The number of hydrogen-bond acceptors (Lipinski definition) is 2. The molecule has 12 heavy (non-hydrogen) atoms. The van der Waals surface area contributed by atoms with Gasteiger partial charge in [0.2, 0.25) is 0 Å². The Balaban J connectivity index is 1.98. The number of nitrogens with two attached hydrogens (primary N) is 1. The van der Waals surface area contributed by atoms with Crippen LogP contribution in [0, 0.1) is 11.8 Å². The maximum Gasteiger partial charge on any atom is 0.407 e. The summed E-state index contributed by atoms with van der Waals surface area (Å²) in [6, 6.07) is 0.316. The molecule has 2 rings (SSSR count). The largest absolute Gasteiger partial charge is 0.465 e. The summed E-state index contributed by atoms with van der Waals surface area (Å²) >= 11 is 0. The monoisotopic (exact) mass is 170 g/mol. The van der Waals surface area contributed by atoms with E-state index in [2.05, 4.69) is 0 Å². The number of likely N-dealkylation sites (tertiary alicyclic amines) is 1. The molecule has 2 fully saturated rings. The van der Waals surface area contributed by atoms with Crippen molar-refractivity contribution in [3.63, 3.8) is 0 Å². The molecule has 2 atom stereocenters. The van der Waals surface area contributed by atoms with Gasteiger partial charge < -0.3 is 15.7 Å². The van der Waals surface area contributed by atoms with Gasteiger partial charge in [-0.2, -0.15) is 0 Å². The molecule has 0 aromatic carbocycles. The van der Waals surface area contributed by atoms with Gasteiger partial charge in [-0.15, -0.1) is 0 Å². The molecule has 0 aromatic heterocycles. The SMILES string of the molecule is NC1CC2CN(C(=O)O)CC2C1. The molecule has 3 N–H and O–H groups in total. The Kier molecular flexibility index (Phi) is 1.72. The fourth-order valence-electron chi connectivity index (χ4n) is 2.50. The molecule has 4 nitrogen and oxygen atoms in total. The van der Waals surface area contributed by atoms with Crippen molar-refractivity contribution >= 4 is 6.09 Å². The van der Waals surface area contributed by atoms with Crippen LogP contribution in [0.15, 0.2) is 0 Å². The van der Waals surface area contributed by atoms with E-state index in [1.54, 1.807) is 0 Å². The first-order valence-electron chi connectivity index (χ1n) is 4.40. The van der Waals surface area contributed by atoms with Crippen LogP contribution in [0.1, 0.15) is 12.8 Å². The van der Waals surface area contributed by atoms with Gasteiger partial charge in [0.05, 0.1) is 0 Å². The zero-order valence-electron chi connectivity index (χ0n) is 6.94. The lowest BCUT2D eigenvalue weighted by atomic mass is 10.0. The number of amides is 1. The van der Waals surface area contributed by atoms with Crippen molar-refractivity contribution < 1.29 is 9.90 Å². The molecule has 68 valence electrons. The summed E-state index contributed by atoms with van der Waals surface area (Å²) in [6.07, 6.45) is 1.24. The molecular formula is C8H14N2O2. The Labute approximate surface area is 71.3 Å². The Bertz CT molecular complexity index is 193. The fraction of sp³-hybridized carbons (Fsp3) is 0.875. The molecule has 0 aromatic rings. The average Bonchev–Trinajstić information content (AvgIpc) is 2.42. The van der Waals surface area contributed by atoms with E-state index in [0.29, 0.717) is 31.0 Å². The molecule has 1 heterocycles. The first-order chi connectivity index (χ1) is 5.66. The maximum atomic E-state index is 10.6. The Morgan fingerprint density at radius 1 is 1.33 bits per heavy atom. The highest BCUT2D eigenvalue weighted by atomic mass is 16.4. The van der Waals surface area contributed by atoms with Gasteiger partial charge in [0.1, 0.15) is 0 Å². The predicted octanol–water partition coefficient (Wildman–Crippen LogP) is 0.333. The van der Waals surface area contributed by atoms with Crippen LogP contribution >= 0.6 is 0 Å². The average molecular weight is 170 g/mol. The third kappa shape index (κ3) is 1.16. The summed E-state index contributed by atoms with van der Waals surface area (Å²) in [5.74, 6) is 1.08. The summed E-state index contributed by atoms with van der Waals surface area (Å²) in [7, 11) is 0. The number of rotatable bonds is 0. The van der Waals surface area contributed by atoms with E-state index in [9.17, 15) is 4.79 Å². The van der Waals surface area contributed by atoms with Crippen LogP contribution in [0.5, 0.6) is 0 Å². The molecule has 2 unspecified atom stereocenters. The van der Waals surface area contributed by atoms with Gasteiger partial charge in [0, 0.05) is 19.1 Å². The molecule has 1 aliphatic heterocycles. The van der Waals surface area contributed by atoms with Crippen LogP contribution in [0.25, 0.3) is 0 Å². The van der Waals surface area contributed by atoms with Crippen molar-refractivity contribution in [1.82, 2.24) is 4.90 Å². The van der Waals surface area contributed by atoms with Crippen molar-refractivity contribution in [1.29, 1.82) is 0 Å². The van der Waals surface area contributed by atoms with Gasteiger partial charge >= 0.3 is 6.09 Å². The molecule has 1 saturated heterocycles. The Hall–Kier alpha value is -0.770. The van der Waals surface area contributed by atoms with Crippen LogP contribution in [0.2, 0.25) is 0 Å². The lowest BCUT2D eigenvalue weighted by molar-refractivity contribution is 0.152. The molecule has 0 radical (unpaired) electrons. The van der Waals surface area contributed by atoms with E-state index >= 15 is 0 Å². The van der Waals surface area contributed by atoms with Gasteiger partial charge in [0.25, 0.3) is 0 Å². The fourth-order valence-corrected chi connectivity index (χ4v) is 2.50. The minimum absolute atomic E-state index is 0.316. The minimum Gasteiger partial charge on any atom is -0.465 e. The number of hydrogen-bond donors (Lipinski definition) is 2. The second-order valence-electron chi connectivity index (χ2n) is 3.94. The van der Waals surface area contributed by atoms with Crippen LogP contribution in [-0.4, -0.2) is 35.2 Å². The molecule has 2 aliphatic rings. The minimum atomic E-state index is -0.780. The lowest BCUT2D eigenvalue weighted by Gasteiger charge is -2.13. The quantitative estimate of drug-likeness (QED) is 0.550. The van der Waals surface area contributed by atoms with Gasteiger partial charge in [-0.25, -0.2) is 4.79 Å². The van der Waals surface area contributed by atoms with E-state index < -0.39 is 6.09 Å². The van der Waals surface area contributed by atoms with E-state index in [0.717, 1.165) is 12.8 Å². The molecule has 0 bridgehead atoms. The third-order valence-corrected chi connectivity index (χ3v) is 3.06. The number of carbonyl (C=O) groups is 1. The maximum absolute atomic E-state index is 10.6. The predicted molar refractivity (Wildman–Crippen MR) is 43.8 cm³/mol. The van der Waals surface area contributed by atoms with E-state index in [-0.39, 0.29) is 0 Å². The molecule has 1 aliphatic carbocycles. The van der Waals surface area contributed by atoms with Crippen LogP contribution in [-0.2, 0) is 0 Å². The van der Waals surface area contributed by atoms with Crippen LogP contribution in [0.4, 0.5) is 4.79 Å². The summed E-state index contributed by atoms with van der Waals surface area (Å²) in [5, 5.41) is 8.73. The first-order valence-corrected chi connectivity index (χ1v) is 4.40. The summed E-state index contributed by atoms with van der Waals surface area (Å²) in [4.78, 5) is 12.1. The third-order valence-electron chi connectivity index (χ3n) is 3.06. The summed E-state index contributed by atoms with van der Waals surface area (Å²) < 4.78 is 0. The van der Waals surface area contributed by atoms with Crippen LogP contribution < -0.4 is 5.73 Å². The normalized spacial score (nSPS) is 40.1.